The first-order chi connectivity index (χ1) is 12.5. The van der Waals surface area contributed by atoms with E-state index in [1.165, 1.54) is 6.20 Å². The largest absolute Gasteiger partial charge is 0.374 e. The topological polar surface area (TPSA) is 71.2 Å². The molecule has 0 unspecified atom stereocenters. The van der Waals surface area contributed by atoms with Crippen LogP contribution in [0.1, 0.15) is 35.3 Å². The van der Waals surface area contributed by atoms with E-state index in [1.54, 1.807) is 12.1 Å². The monoisotopic (exact) mass is 350 g/mol. The summed E-state index contributed by atoms with van der Waals surface area (Å²) < 4.78 is 5.60. The normalized spacial score (nSPS) is 11.0. The van der Waals surface area contributed by atoms with Crippen molar-refractivity contribution in [1.29, 1.82) is 0 Å². The molecule has 0 aliphatic carbocycles. The number of hydrogen-bond acceptors (Lipinski definition) is 3. The van der Waals surface area contributed by atoms with Crippen LogP contribution in [0.2, 0.25) is 0 Å². The Hall–Kier alpha value is -2.92. The summed E-state index contributed by atoms with van der Waals surface area (Å²) in [5.74, 6) is -0.388. The predicted octanol–water partition coefficient (Wildman–Crippen LogP) is 3.38. The number of carbonyl (C=O) groups is 1. The van der Waals surface area contributed by atoms with Gasteiger partial charge in [-0.3, -0.25) is 9.59 Å². The lowest BCUT2D eigenvalue weighted by molar-refractivity contribution is 0.0657. The Kier molecular flexibility index (Phi) is 5.49. The minimum atomic E-state index is -0.388. The number of pyridine rings is 1. The summed E-state index contributed by atoms with van der Waals surface area (Å²) in [4.78, 5) is 27.9. The first kappa shape index (κ1) is 17.9. The zero-order valence-corrected chi connectivity index (χ0v) is 14.9. The van der Waals surface area contributed by atoms with E-state index in [9.17, 15) is 9.59 Å². The highest BCUT2D eigenvalue weighted by molar-refractivity contribution is 5.97. The fourth-order valence-corrected chi connectivity index (χ4v) is 2.71. The average molecular weight is 350 g/mol. The Morgan fingerprint density at radius 3 is 2.69 bits per heavy atom. The SMILES string of the molecule is CC(C)OCc1cccc(CNC(=O)c2c[nH]c3ccccc3c2=O)c1. The van der Waals surface area contributed by atoms with Crippen molar-refractivity contribution in [1.82, 2.24) is 10.3 Å². The quantitative estimate of drug-likeness (QED) is 0.716. The number of H-pyrrole nitrogens is 1. The highest BCUT2D eigenvalue weighted by Crippen LogP contribution is 2.09. The van der Waals surface area contributed by atoms with Crippen molar-refractivity contribution in [3.8, 4) is 0 Å². The van der Waals surface area contributed by atoms with Crippen LogP contribution in [0.4, 0.5) is 0 Å². The molecule has 134 valence electrons. The van der Waals surface area contributed by atoms with Crippen LogP contribution in [-0.2, 0) is 17.9 Å². The number of nitrogens with one attached hydrogen (secondary N) is 2. The van der Waals surface area contributed by atoms with Gasteiger partial charge in [0.15, 0.2) is 0 Å². The van der Waals surface area contributed by atoms with Crippen LogP contribution >= 0.6 is 0 Å². The van der Waals surface area contributed by atoms with E-state index in [1.807, 2.05) is 50.2 Å². The molecule has 2 aromatic carbocycles. The lowest BCUT2D eigenvalue weighted by Crippen LogP contribution is -2.28. The molecule has 1 amide bonds. The van der Waals surface area contributed by atoms with E-state index in [4.69, 9.17) is 4.74 Å². The lowest BCUT2D eigenvalue weighted by Gasteiger charge is -2.10. The van der Waals surface area contributed by atoms with Crippen LogP contribution in [-0.4, -0.2) is 17.0 Å². The second kappa shape index (κ2) is 7.97. The maximum absolute atomic E-state index is 12.5. The molecule has 0 saturated heterocycles. The van der Waals surface area contributed by atoms with Gasteiger partial charge in [-0.15, -0.1) is 0 Å². The lowest BCUT2D eigenvalue weighted by atomic mass is 10.1. The minimum absolute atomic E-state index is 0.114. The van der Waals surface area contributed by atoms with Crippen LogP contribution in [0.3, 0.4) is 0 Å². The molecule has 0 bridgehead atoms. The summed E-state index contributed by atoms with van der Waals surface area (Å²) in [6.07, 6.45) is 1.63. The van der Waals surface area contributed by atoms with Crippen molar-refractivity contribution in [3.63, 3.8) is 0 Å². The van der Waals surface area contributed by atoms with Gasteiger partial charge in [0.2, 0.25) is 5.43 Å². The van der Waals surface area contributed by atoms with Gasteiger partial charge < -0.3 is 15.0 Å². The van der Waals surface area contributed by atoms with Crippen molar-refractivity contribution >= 4 is 16.8 Å². The Bertz CT molecular complexity index is 976. The Labute approximate surface area is 152 Å². The summed E-state index contributed by atoms with van der Waals surface area (Å²) in [6, 6.07) is 15.0. The second-order valence-corrected chi connectivity index (χ2v) is 6.44. The van der Waals surface area contributed by atoms with Gasteiger partial charge >= 0.3 is 0 Å². The molecule has 1 heterocycles. The standard InChI is InChI=1S/C21H22N2O3/c1-14(2)26-13-16-7-5-6-15(10-16)11-23-21(25)18-12-22-19-9-4-3-8-17(19)20(18)24/h3-10,12,14H,11,13H2,1-2H3,(H,22,24)(H,23,25). The molecule has 3 aromatic rings. The number of aromatic amines is 1. The number of benzene rings is 2. The van der Waals surface area contributed by atoms with Gasteiger partial charge in [-0.25, -0.2) is 0 Å². The van der Waals surface area contributed by atoms with Crippen molar-refractivity contribution < 1.29 is 9.53 Å². The number of hydrogen-bond donors (Lipinski definition) is 2. The number of fused-ring (bicyclic) bond motifs is 1. The smallest absolute Gasteiger partial charge is 0.257 e. The van der Waals surface area contributed by atoms with Crippen molar-refractivity contribution in [2.45, 2.75) is 33.1 Å². The number of ether oxygens (including phenoxy) is 1. The second-order valence-electron chi connectivity index (χ2n) is 6.44. The van der Waals surface area contributed by atoms with Crippen LogP contribution in [0, 0.1) is 0 Å². The molecule has 0 atom stereocenters. The first-order valence-electron chi connectivity index (χ1n) is 8.62. The molecule has 0 radical (unpaired) electrons. The van der Waals surface area contributed by atoms with Crippen molar-refractivity contribution in [3.05, 3.63) is 81.6 Å². The highest BCUT2D eigenvalue weighted by Gasteiger charge is 2.12. The Balaban J connectivity index is 1.70. The average Bonchev–Trinajstić information content (AvgIpc) is 2.65. The predicted molar refractivity (Wildman–Crippen MR) is 102 cm³/mol. The van der Waals surface area contributed by atoms with Gasteiger partial charge in [0.05, 0.1) is 12.7 Å². The summed E-state index contributed by atoms with van der Waals surface area (Å²) in [5.41, 5.74) is 2.57. The van der Waals surface area contributed by atoms with Crippen LogP contribution in [0.5, 0.6) is 0 Å². The highest BCUT2D eigenvalue weighted by atomic mass is 16.5. The van der Waals surface area contributed by atoms with E-state index < -0.39 is 0 Å². The van der Waals surface area contributed by atoms with Gasteiger partial charge in [-0.1, -0.05) is 36.4 Å². The maximum Gasteiger partial charge on any atom is 0.257 e. The fraction of sp³-hybridized carbons (Fsp3) is 0.238. The van der Waals surface area contributed by atoms with E-state index in [0.29, 0.717) is 24.1 Å². The van der Waals surface area contributed by atoms with Gasteiger partial charge in [0, 0.05) is 23.6 Å². The molecule has 3 rings (SSSR count). The minimum Gasteiger partial charge on any atom is -0.374 e. The van der Waals surface area contributed by atoms with Crippen molar-refractivity contribution in [2.75, 3.05) is 0 Å². The summed E-state index contributed by atoms with van der Waals surface area (Å²) in [7, 11) is 0. The molecule has 5 heteroatoms. The maximum atomic E-state index is 12.5. The summed E-state index contributed by atoms with van der Waals surface area (Å²) in [6.45, 7) is 4.86. The van der Waals surface area contributed by atoms with Gasteiger partial charge in [0.1, 0.15) is 5.56 Å². The summed E-state index contributed by atoms with van der Waals surface area (Å²) >= 11 is 0. The Morgan fingerprint density at radius 2 is 1.88 bits per heavy atom. The molecule has 0 aliphatic heterocycles. The fourth-order valence-electron chi connectivity index (χ4n) is 2.71. The molecule has 0 fully saturated rings. The van der Waals surface area contributed by atoms with E-state index in [0.717, 1.165) is 11.1 Å². The number of aromatic nitrogens is 1. The first-order valence-corrected chi connectivity index (χ1v) is 8.62. The number of rotatable bonds is 6. The molecule has 26 heavy (non-hydrogen) atoms. The van der Waals surface area contributed by atoms with Gasteiger partial charge in [0.25, 0.3) is 5.91 Å². The third kappa shape index (κ3) is 4.18. The molecule has 0 saturated carbocycles. The Morgan fingerprint density at radius 1 is 1.12 bits per heavy atom. The van der Waals surface area contributed by atoms with Crippen molar-refractivity contribution in [2.24, 2.45) is 0 Å². The molecule has 1 aromatic heterocycles. The molecule has 5 nitrogen and oxygen atoms in total. The van der Waals surface area contributed by atoms with E-state index in [-0.39, 0.29) is 23.0 Å². The third-order valence-electron chi connectivity index (χ3n) is 4.06. The molecule has 2 N–H and O–H groups in total. The van der Waals surface area contributed by atoms with Gasteiger partial charge in [-0.05, 0) is 37.1 Å². The number of amides is 1. The molecular formula is C21H22N2O3. The van der Waals surface area contributed by atoms with Gasteiger partial charge in [-0.2, -0.15) is 0 Å². The molecular weight excluding hydrogens is 328 g/mol. The third-order valence-corrected chi connectivity index (χ3v) is 4.06. The summed E-state index contributed by atoms with van der Waals surface area (Å²) in [5, 5.41) is 3.32. The van der Waals surface area contributed by atoms with E-state index in [2.05, 4.69) is 10.3 Å². The molecule has 0 aliphatic rings. The zero-order chi connectivity index (χ0) is 18.5. The molecule has 0 spiro atoms. The van der Waals surface area contributed by atoms with E-state index >= 15 is 0 Å². The zero-order valence-electron chi connectivity index (χ0n) is 14.9. The number of carbonyl (C=O) groups excluding carboxylic acids is 1. The van der Waals surface area contributed by atoms with Crippen LogP contribution in [0.15, 0.2) is 59.5 Å². The number of para-hydroxylation sites is 1. The van der Waals surface area contributed by atoms with Crippen LogP contribution < -0.4 is 10.7 Å². The van der Waals surface area contributed by atoms with Crippen LogP contribution in [0.25, 0.3) is 10.9 Å².